The number of ether oxygens (including phenoxy) is 2. The maximum Gasteiger partial charge on any atom is 0.254 e. The molecule has 0 radical (unpaired) electrons. The number of rotatable bonds is 6. The topological polar surface area (TPSA) is 111 Å². The fourth-order valence-electron chi connectivity index (χ4n) is 7.01. The van der Waals surface area contributed by atoms with Crippen LogP contribution in [0.4, 0.5) is 5.69 Å². The van der Waals surface area contributed by atoms with Gasteiger partial charge in [-0.25, -0.2) is 0 Å². The zero-order valence-electron chi connectivity index (χ0n) is 22.4. The number of aliphatic hydroxyl groups is 2. The van der Waals surface area contributed by atoms with Gasteiger partial charge < -0.3 is 30.1 Å². The summed E-state index contributed by atoms with van der Waals surface area (Å²) in [4.78, 5) is 15.7. The highest BCUT2D eigenvalue weighted by atomic mass is 16.5. The molecule has 2 heterocycles. The average Bonchev–Trinajstić information content (AvgIpc) is 3.63. The lowest BCUT2D eigenvalue weighted by molar-refractivity contribution is -0.153. The Morgan fingerprint density at radius 3 is 2.71 bits per heavy atom. The zero-order valence-corrected chi connectivity index (χ0v) is 22.4. The second kappa shape index (κ2) is 8.64. The van der Waals surface area contributed by atoms with Gasteiger partial charge in [0.2, 0.25) is 0 Å². The van der Waals surface area contributed by atoms with E-state index in [0.29, 0.717) is 35.9 Å². The molecular weight excluding hydrogens is 484 g/mol. The van der Waals surface area contributed by atoms with Crippen molar-refractivity contribution in [3.05, 3.63) is 58.4 Å². The van der Waals surface area contributed by atoms with E-state index in [1.54, 1.807) is 32.2 Å². The Kier molecular flexibility index (Phi) is 5.70. The van der Waals surface area contributed by atoms with Gasteiger partial charge in [-0.3, -0.25) is 9.69 Å². The van der Waals surface area contributed by atoms with Crippen molar-refractivity contribution in [2.75, 3.05) is 25.5 Å². The molecule has 6 rings (SSSR count). The van der Waals surface area contributed by atoms with Crippen LogP contribution in [0.1, 0.15) is 49.8 Å². The number of aryl methyl sites for hydroxylation is 1. The molecule has 2 bridgehead atoms. The van der Waals surface area contributed by atoms with Crippen molar-refractivity contribution in [2.45, 2.75) is 69.6 Å². The molecule has 1 saturated heterocycles. The van der Waals surface area contributed by atoms with Gasteiger partial charge in [0.05, 0.1) is 23.7 Å². The molecule has 38 heavy (non-hydrogen) atoms. The maximum atomic E-state index is 13.3. The monoisotopic (exact) mass is 520 g/mol. The predicted octanol–water partition coefficient (Wildman–Crippen LogP) is 3.97. The molecule has 0 aromatic heterocycles. The number of phenolic OH excluding ortho intramolecular Hbond substituents is 1. The first-order valence-electron chi connectivity index (χ1n) is 13.4. The first-order valence-corrected chi connectivity index (χ1v) is 13.4. The Balaban J connectivity index is 1.39. The minimum Gasteiger partial charge on any atom is -0.508 e. The molecule has 1 amide bonds. The number of piperidine rings is 1. The highest BCUT2D eigenvalue weighted by Gasteiger charge is 2.69. The number of carbonyl (C=O) groups excluding carboxylic acids is 1. The summed E-state index contributed by atoms with van der Waals surface area (Å²) in [5, 5.41) is 37.5. The lowest BCUT2D eigenvalue weighted by atomic mass is 9.53. The van der Waals surface area contributed by atoms with Gasteiger partial charge in [0.15, 0.2) is 17.6 Å². The van der Waals surface area contributed by atoms with Crippen LogP contribution < -0.4 is 14.8 Å². The Hall–Kier alpha value is -3.23. The summed E-state index contributed by atoms with van der Waals surface area (Å²) in [5.74, 6) is 0.940. The Labute approximate surface area is 222 Å². The number of anilines is 1. The van der Waals surface area contributed by atoms with Crippen LogP contribution in [0.3, 0.4) is 0 Å². The second-order valence-corrected chi connectivity index (χ2v) is 11.6. The number of fused-ring (bicyclic) bond motifs is 1. The normalized spacial score (nSPS) is 30.2. The number of hydrogen-bond donors (Lipinski definition) is 4. The van der Waals surface area contributed by atoms with Crippen LogP contribution in [0.15, 0.2) is 41.7 Å². The van der Waals surface area contributed by atoms with E-state index in [0.717, 1.165) is 29.8 Å². The van der Waals surface area contributed by atoms with Crippen molar-refractivity contribution < 1.29 is 29.6 Å². The van der Waals surface area contributed by atoms with Crippen molar-refractivity contribution in [2.24, 2.45) is 5.92 Å². The van der Waals surface area contributed by atoms with Gasteiger partial charge in [0, 0.05) is 23.8 Å². The number of nitrogens with one attached hydrogen (secondary N) is 1. The van der Waals surface area contributed by atoms with Gasteiger partial charge >= 0.3 is 0 Å². The highest BCUT2D eigenvalue weighted by molar-refractivity contribution is 6.04. The SMILES string of the molecule is COc1ccc(NC(=O)/C(C)=C(\O)[C@@H]2Oc3c(O)ccc4c3[C@@]23CCN(CC2CC2)[C@H](C4)[C@@]3(C)O)c(C)c1. The fourth-order valence-corrected chi connectivity index (χ4v) is 7.01. The van der Waals surface area contributed by atoms with Crippen LogP contribution in [-0.2, 0) is 16.6 Å². The van der Waals surface area contributed by atoms with Gasteiger partial charge in [-0.2, -0.15) is 0 Å². The van der Waals surface area contributed by atoms with Crippen molar-refractivity contribution in [1.82, 2.24) is 4.90 Å². The Morgan fingerprint density at radius 2 is 2.03 bits per heavy atom. The van der Waals surface area contributed by atoms with E-state index in [-0.39, 0.29) is 23.1 Å². The molecule has 8 heteroatoms. The summed E-state index contributed by atoms with van der Waals surface area (Å²) < 4.78 is 11.6. The number of methoxy groups -OCH3 is 1. The van der Waals surface area contributed by atoms with Gasteiger partial charge in [0.1, 0.15) is 11.5 Å². The largest absolute Gasteiger partial charge is 0.508 e. The molecule has 202 valence electrons. The molecular formula is C30H36N2O6. The molecule has 2 aromatic carbocycles. The average molecular weight is 521 g/mol. The van der Waals surface area contributed by atoms with E-state index in [1.807, 2.05) is 26.0 Å². The molecule has 2 aromatic rings. The van der Waals surface area contributed by atoms with Crippen molar-refractivity contribution >= 4 is 11.6 Å². The third kappa shape index (κ3) is 3.53. The van der Waals surface area contributed by atoms with Crippen molar-refractivity contribution in [3.8, 4) is 17.2 Å². The van der Waals surface area contributed by atoms with E-state index in [9.17, 15) is 20.1 Å². The van der Waals surface area contributed by atoms with Crippen LogP contribution in [0.5, 0.6) is 17.2 Å². The fraction of sp³-hybridized carbons (Fsp3) is 0.500. The van der Waals surface area contributed by atoms with Crippen LogP contribution in [-0.4, -0.2) is 64.1 Å². The molecule has 0 unspecified atom stereocenters. The molecule has 4 aliphatic rings. The lowest BCUT2D eigenvalue weighted by Crippen LogP contribution is -2.73. The number of benzene rings is 2. The zero-order chi connectivity index (χ0) is 27.0. The van der Waals surface area contributed by atoms with Crippen LogP contribution >= 0.6 is 0 Å². The molecule has 1 spiro atoms. The maximum absolute atomic E-state index is 13.3. The van der Waals surface area contributed by atoms with E-state index >= 15 is 0 Å². The number of phenols is 1. The van der Waals surface area contributed by atoms with Gasteiger partial charge in [-0.1, -0.05) is 6.07 Å². The van der Waals surface area contributed by atoms with Crippen LogP contribution in [0, 0.1) is 12.8 Å². The Morgan fingerprint density at radius 1 is 1.26 bits per heavy atom. The smallest absolute Gasteiger partial charge is 0.254 e. The van der Waals surface area contributed by atoms with Crippen molar-refractivity contribution in [1.29, 1.82) is 0 Å². The first-order chi connectivity index (χ1) is 18.1. The molecule has 2 fully saturated rings. The number of carbonyl (C=O) groups is 1. The molecule has 4 N–H and O–H groups in total. The van der Waals surface area contributed by atoms with E-state index in [4.69, 9.17) is 9.47 Å². The number of nitrogens with zero attached hydrogens (tertiary/aromatic N) is 1. The van der Waals surface area contributed by atoms with E-state index < -0.39 is 23.0 Å². The molecule has 2 aliphatic carbocycles. The van der Waals surface area contributed by atoms with Crippen LogP contribution in [0.25, 0.3) is 0 Å². The Bertz CT molecular complexity index is 1350. The minimum absolute atomic E-state index is 0.0240. The lowest BCUT2D eigenvalue weighted by Gasteiger charge is -2.59. The molecule has 4 atom stereocenters. The summed E-state index contributed by atoms with van der Waals surface area (Å²) in [5.41, 5.74) is 1.06. The minimum atomic E-state index is -1.26. The second-order valence-electron chi connectivity index (χ2n) is 11.6. The van der Waals surface area contributed by atoms with E-state index in [2.05, 4.69) is 10.2 Å². The number of aromatic hydroxyl groups is 1. The number of amides is 1. The molecule has 1 saturated carbocycles. The predicted molar refractivity (Wildman–Crippen MR) is 143 cm³/mol. The number of likely N-dealkylation sites (tertiary alicyclic amines) is 1. The quantitative estimate of drug-likeness (QED) is 0.337. The van der Waals surface area contributed by atoms with Crippen LogP contribution in [0.2, 0.25) is 0 Å². The van der Waals surface area contributed by atoms with Gasteiger partial charge in [-0.05, 0) is 94.3 Å². The van der Waals surface area contributed by atoms with Gasteiger partial charge in [0.25, 0.3) is 5.91 Å². The third-order valence-electron chi connectivity index (χ3n) is 9.40. The van der Waals surface area contributed by atoms with E-state index in [1.165, 1.54) is 12.8 Å². The summed E-state index contributed by atoms with van der Waals surface area (Å²) in [6, 6.07) is 8.71. The standard InChI is InChI=1S/C30H36N2O6/c1-16-13-20(37-4)8-9-21(16)31-28(35)17(2)25(34)27-30-11-12-32(15-18-5-6-18)23(29(30,3)36)14-19-7-10-22(33)26(38-27)24(19)30/h7-10,13,18,23,27,33-34,36H,5-6,11-12,14-15H2,1-4H3,(H,31,35)/b25-17-/t23-,27+,29-,30+/m1/s1. The highest BCUT2D eigenvalue weighted by Crippen LogP contribution is 2.63. The summed E-state index contributed by atoms with van der Waals surface area (Å²) >= 11 is 0. The molecule has 8 nitrogen and oxygen atoms in total. The van der Waals surface area contributed by atoms with Gasteiger partial charge in [-0.15, -0.1) is 0 Å². The summed E-state index contributed by atoms with van der Waals surface area (Å²) in [6.07, 6.45) is 2.62. The number of hydrogen-bond acceptors (Lipinski definition) is 7. The van der Waals surface area contributed by atoms with Crippen molar-refractivity contribution in [3.63, 3.8) is 0 Å². The summed E-state index contributed by atoms with van der Waals surface area (Å²) in [6.45, 7) is 6.96. The number of aliphatic hydroxyl groups excluding tert-OH is 1. The first kappa shape index (κ1) is 25.1. The summed E-state index contributed by atoms with van der Waals surface area (Å²) in [7, 11) is 1.58. The third-order valence-corrected chi connectivity index (χ3v) is 9.40. The molecule has 2 aliphatic heterocycles.